The Bertz CT molecular complexity index is 404. The maximum Gasteiger partial charge on any atom is 0.490 e. The van der Waals surface area contributed by atoms with Crippen LogP contribution in [0.4, 0.5) is 13.2 Å². The highest BCUT2D eigenvalue weighted by atomic mass is 19.4. The van der Waals surface area contributed by atoms with Crippen molar-refractivity contribution in [3.05, 3.63) is 23.5 Å². The molecule has 0 atom stereocenters. The molecule has 1 fully saturated rings. The lowest BCUT2D eigenvalue weighted by molar-refractivity contribution is -0.141. The fourth-order valence-corrected chi connectivity index (χ4v) is 1.58. The van der Waals surface area contributed by atoms with E-state index in [0.717, 1.165) is 6.20 Å². The van der Waals surface area contributed by atoms with Gasteiger partial charge in [0.2, 0.25) is 0 Å². The molecule has 1 aliphatic rings. The second kappa shape index (κ2) is 3.74. The van der Waals surface area contributed by atoms with Gasteiger partial charge in [-0.05, 0) is 24.3 Å². The maximum atomic E-state index is 12.6. The molecule has 1 aromatic heterocycles. The first-order chi connectivity index (χ1) is 7.39. The van der Waals surface area contributed by atoms with Gasteiger partial charge in [0.1, 0.15) is 5.69 Å². The minimum atomic E-state index is -4.49. The van der Waals surface area contributed by atoms with Gasteiger partial charge in [0.05, 0.1) is 0 Å². The van der Waals surface area contributed by atoms with Crippen LogP contribution in [-0.2, 0) is 6.18 Å². The SMILES string of the molecule is OB(O)c1cnc(C(F)(F)F)c(C2CC2)c1. The zero-order valence-corrected chi connectivity index (χ0v) is 8.20. The molecule has 0 saturated heterocycles. The first-order valence-electron chi connectivity index (χ1n) is 4.83. The van der Waals surface area contributed by atoms with Gasteiger partial charge in [-0.15, -0.1) is 0 Å². The molecule has 16 heavy (non-hydrogen) atoms. The maximum absolute atomic E-state index is 12.6. The third-order valence-electron chi connectivity index (χ3n) is 2.52. The molecule has 1 aromatic rings. The number of hydrogen-bond acceptors (Lipinski definition) is 3. The van der Waals surface area contributed by atoms with E-state index in [9.17, 15) is 13.2 Å². The fraction of sp³-hybridized carbons (Fsp3) is 0.444. The first-order valence-corrected chi connectivity index (χ1v) is 4.83. The van der Waals surface area contributed by atoms with E-state index < -0.39 is 19.0 Å². The molecule has 1 heterocycles. The van der Waals surface area contributed by atoms with Crippen LogP contribution in [0.5, 0.6) is 0 Å². The van der Waals surface area contributed by atoms with Crippen LogP contribution in [0.1, 0.15) is 30.0 Å². The first kappa shape index (κ1) is 11.4. The average molecular weight is 231 g/mol. The van der Waals surface area contributed by atoms with E-state index in [4.69, 9.17) is 10.0 Å². The predicted molar refractivity (Wildman–Crippen MR) is 51.0 cm³/mol. The molecule has 2 rings (SSSR count). The van der Waals surface area contributed by atoms with Gasteiger partial charge in [-0.3, -0.25) is 4.98 Å². The number of pyridine rings is 1. The van der Waals surface area contributed by atoms with Gasteiger partial charge in [-0.25, -0.2) is 0 Å². The van der Waals surface area contributed by atoms with Crippen LogP contribution in [0.2, 0.25) is 0 Å². The number of aromatic nitrogens is 1. The van der Waals surface area contributed by atoms with Crippen molar-refractivity contribution >= 4 is 12.6 Å². The van der Waals surface area contributed by atoms with Crippen molar-refractivity contribution in [2.24, 2.45) is 0 Å². The summed E-state index contributed by atoms with van der Waals surface area (Å²) in [5, 5.41) is 17.8. The Labute approximate surface area is 90.1 Å². The van der Waals surface area contributed by atoms with Crippen molar-refractivity contribution in [2.45, 2.75) is 24.9 Å². The van der Waals surface area contributed by atoms with Gasteiger partial charge < -0.3 is 10.0 Å². The molecule has 86 valence electrons. The molecule has 3 nitrogen and oxygen atoms in total. The molecule has 7 heteroatoms. The van der Waals surface area contributed by atoms with Crippen molar-refractivity contribution < 1.29 is 23.2 Å². The number of nitrogens with zero attached hydrogens (tertiary/aromatic N) is 1. The summed E-state index contributed by atoms with van der Waals surface area (Å²) in [6.45, 7) is 0. The molecular formula is C9H9BF3NO2. The van der Waals surface area contributed by atoms with Crippen molar-refractivity contribution in [2.75, 3.05) is 0 Å². The van der Waals surface area contributed by atoms with E-state index >= 15 is 0 Å². The minimum absolute atomic E-state index is 0.00472. The summed E-state index contributed by atoms with van der Waals surface area (Å²) < 4.78 is 37.7. The molecule has 2 N–H and O–H groups in total. The molecular weight excluding hydrogens is 222 g/mol. The topological polar surface area (TPSA) is 53.4 Å². The number of halogens is 3. The van der Waals surface area contributed by atoms with Gasteiger partial charge in [-0.2, -0.15) is 13.2 Å². The second-order valence-electron chi connectivity index (χ2n) is 3.85. The summed E-state index contributed by atoms with van der Waals surface area (Å²) in [6.07, 6.45) is -2.26. The van der Waals surface area contributed by atoms with Crippen LogP contribution in [0.15, 0.2) is 12.3 Å². The monoisotopic (exact) mass is 231 g/mol. The van der Waals surface area contributed by atoms with Crippen LogP contribution < -0.4 is 5.46 Å². The fourth-order valence-electron chi connectivity index (χ4n) is 1.58. The second-order valence-corrected chi connectivity index (χ2v) is 3.85. The highest BCUT2D eigenvalue weighted by Crippen LogP contribution is 2.44. The Hall–Kier alpha value is -1.08. The average Bonchev–Trinajstić information content (AvgIpc) is 2.98. The lowest BCUT2D eigenvalue weighted by Crippen LogP contribution is -2.31. The van der Waals surface area contributed by atoms with E-state index in [1.165, 1.54) is 6.07 Å². The molecule has 0 aromatic carbocycles. The lowest BCUT2D eigenvalue weighted by Gasteiger charge is -2.12. The van der Waals surface area contributed by atoms with Gasteiger partial charge >= 0.3 is 13.3 Å². The normalized spacial score (nSPS) is 16.3. The zero-order chi connectivity index (χ0) is 11.9. The molecule has 0 spiro atoms. The molecule has 1 aliphatic carbocycles. The molecule has 0 amide bonds. The van der Waals surface area contributed by atoms with E-state index in [0.29, 0.717) is 12.8 Å². The van der Waals surface area contributed by atoms with Gasteiger partial charge in [0.15, 0.2) is 0 Å². The van der Waals surface area contributed by atoms with Crippen LogP contribution in [0.25, 0.3) is 0 Å². The Morgan fingerprint density at radius 3 is 2.38 bits per heavy atom. The molecule has 0 unspecified atom stereocenters. The highest BCUT2D eigenvalue weighted by Gasteiger charge is 2.40. The lowest BCUT2D eigenvalue weighted by atomic mass is 9.80. The number of hydrogen-bond donors (Lipinski definition) is 2. The molecule has 1 saturated carbocycles. The van der Waals surface area contributed by atoms with Crippen LogP contribution in [0.3, 0.4) is 0 Å². The highest BCUT2D eigenvalue weighted by molar-refractivity contribution is 6.58. The van der Waals surface area contributed by atoms with Crippen LogP contribution in [0, 0.1) is 0 Å². The Kier molecular flexibility index (Phi) is 2.67. The summed E-state index contributed by atoms with van der Waals surface area (Å²) in [4.78, 5) is 3.29. The molecule has 0 bridgehead atoms. The van der Waals surface area contributed by atoms with Crippen LogP contribution in [-0.4, -0.2) is 22.2 Å². The third kappa shape index (κ3) is 2.20. The largest absolute Gasteiger partial charge is 0.490 e. The summed E-state index contributed by atoms with van der Waals surface area (Å²) >= 11 is 0. The summed E-state index contributed by atoms with van der Waals surface area (Å²) in [6, 6.07) is 1.18. The summed E-state index contributed by atoms with van der Waals surface area (Å²) in [5.41, 5.74) is -0.854. The summed E-state index contributed by atoms with van der Waals surface area (Å²) in [5.74, 6) is -0.150. The van der Waals surface area contributed by atoms with E-state index in [-0.39, 0.29) is 16.9 Å². The van der Waals surface area contributed by atoms with E-state index in [2.05, 4.69) is 4.98 Å². The predicted octanol–water partition coefficient (Wildman–Crippen LogP) is 0.658. The summed E-state index contributed by atoms with van der Waals surface area (Å²) in [7, 11) is -1.78. The van der Waals surface area contributed by atoms with Gasteiger partial charge in [0.25, 0.3) is 0 Å². The Morgan fingerprint density at radius 1 is 1.31 bits per heavy atom. The quantitative estimate of drug-likeness (QED) is 0.735. The van der Waals surface area contributed by atoms with Gasteiger partial charge in [-0.1, -0.05) is 6.07 Å². The van der Waals surface area contributed by atoms with Crippen molar-refractivity contribution in [3.8, 4) is 0 Å². The molecule has 0 radical (unpaired) electrons. The van der Waals surface area contributed by atoms with Crippen LogP contribution >= 0.6 is 0 Å². The Morgan fingerprint density at radius 2 is 1.94 bits per heavy atom. The van der Waals surface area contributed by atoms with Crippen molar-refractivity contribution in [1.29, 1.82) is 0 Å². The zero-order valence-electron chi connectivity index (χ0n) is 8.20. The smallest absolute Gasteiger partial charge is 0.423 e. The third-order valence-corrected chi connectivity index (χ3v) is 2.52. The van der Waals surface area contributed by atoms with E-state index in [1.807, 2.05) is 0 Å². The van der Waals surface area contributed by atoms with Crippen molar-refractivity contribution in [3.63, 3.8) is 0 Å². The van der Waals surface area contributed by atoms with Gasteiger partial charge in [0, 0.05) is 11.7 Å². The van der Waals surface area contributed by atoms with Crippen molar-refractivity contribution in [1.82, 2.24) is 4.98 Å². The number of rotatable bonds is 2. The number of alkyl halides is 3. The standard InChI is InChI=1S/C9H9BF3NO2/c11-9(12,13)8-7(5-1-2-5)3-6(4-14-8)10(15)16/h3-5,15-16H,1-2H2. The minimum Gasteiger partial charge on any atom is -0.423 e. The van der Waals surface area contributed by atoms with E-state index in [1.54, 1.807) is 0 Å². The Balaban J connectivity index is 2.45. The molecule has 0 aliphatic heterocycles.